The Labute approximate surface area is 138 Å². The number of nitrogens with two attached hydrogens (primary N) is 1. The fourth-order valence-corrected chi connectivity index (χ4v) is 3.76. The predicted molar refractivity (Wildman–Crippen MR) is 87.9 cm³/mol. The van der Waals surface area contributed by atoms with Crippen LogP contribution in [0.3, 0.4) is 0 Å². The predicted octanol–water partition coefficient (Wildman–Crippen LogP) is 2.32. The summed E-state index contributed by atoms with van der Waals surface area (Å²) in [5.74, 6) is -0.119. The van der Waals surface area contributed by atoms with E-state index in [1.54, 1.807) is 0 Å². The van der Waals surface area contributed by atoms with Crippen LogP contribution in [0, 0.1) is 17.3 Å². The van der Waals surface area contributed by atoms with Crippen molar-refractivity contribution < 1.29 is 14.7 Å². The second-order valence-electron chi connectivity index (χ2n) is 6.82. The highest BCUT2D eigenvalue weighted by Crippen LogP contribution is 2.36. The highest BCUT2D eigenvalue weighted by molar-refractivity contribution is 5.85. The van der Waals surface area contributed by atoms with Gasteiger partial charge in [-0.3, -0.25) is 9.59 Å². The van der Waals surface area contributed by atoms with E-state index in [2.05, 4.69) is 5.32 Å². The molecule has 2 rings (SSSR count). The molecular weight excluding hydrogens is 304 g/mol. The quantitative estimate of drug-likeness (QED) is 0.720. The summed E-state index contributed by atoms with van der Waals surface area (Å²) in [4.78, 5) is 23.8. The van der Waals surface area contributed by atoms with Crippen LogP contribution in [0.2, 0.25) is 0 Å². The van der Waals surface area contributed by atoms with Gasteiger partial charge in [-0.05, 0) is 51.0 Å². The first-order valence-electron chi connectivity index (χ1n) is 8.28. The van der Waals surface area contributed by atoms with E-state index in [0.29, 0.717) is 25.3 Å². The van der Waals surface area contributed by atoms with Gasteiger partial charge in [0.05, 0.1) is 5.41 Å². The molecule has 22 heavy (non-hydrogen) atoms. The molecule has 128 valence electrons. The lowest BCUT2D eigenvalue weighted by molar-refractivity contribution is -0.151. The summed E-state index contributed by atoms with van der Waals surface area (Å²) in [5, 5.41) is 12.4. The summed E-state index contributed by atoms with van der Waals surface area (Å²) in [6.07, 6.45) is 8.16. The van der Waals surface area contributed by atoms with E-state index in [4.69, 9.17) is 5.73 Å². The van der Waals surface area contributed by atoms with Crippen molar-refractivity contribution in [2.75, 3.05) is 13.1 Å². The number of amides is 1. The van der Waals surface area contributed by atoms with Gasteiger partial charge in [0, 0.05) is 12.5 Å². The third-order valence-electron chi connectivity index (χ3n) is 5.42. The van der Waals surface area contributed by atoms with Gasteiger partial charge in [-0.2, -0.15) is 0 Å². The van der Waals surface area contributed by atoms with Crippen molar-refractivity contribution in [2.24, 2.45) is 23.0 Å². The first kappa shape index (κ1) is 19.2. The van der Waals surface area contributed by atoms with Gasteiger partial charge in [0.15, 0.2) is 0 Å². The summed E-state index contributed by atoms with van der Waals surface area (Å²) in [6, 6.07) is 0. The van der Waals surface area contributed by atoms with Gasteiger partial charge in [-0.15, -0.1) is 12.4 Å². The number of hydrogen-bond donors (Lipinski definition) is 3. The summed E-state index contributed by atoms with van der Waals surface area (Å²) < 4.78 is 0. The molecule has 0 aromatic rings. The first-order valence-corrected chi connectivity index (χ1v) is 8.28. The topological polar surface area (TPSA) is 92.4 Å². The van der Waals surface area contributed by atoms with Crippen molar-refractivity contribution in [1.82, 2.24) is 5.32 Å². The van der Waals surface area contributed by atoms with Gasteiger partial charge in [0.25, 0.3) is 0 Å². The maximum atomic E-state index is 12.3. The van der Waals surface area contributed by atoms with Gasteiger partial charge < -0.3 is 16.2 Å². The van der Waals surface area contributed by atoms with Gasteiger partial charge >= 0.3 is 5.97 Å². The molecule has 0 bridgehead atoms. The Morgan fingerprint density at radius 3 is 2.18 bits per heavy atom. The standard InChI is InChI=1S/C16H28N2O3.ClH/c17-10-12-4-6-13(7-5-12)14(19)18-11-16(15(20)21)8-2-1-3-9-16;/h12-13H,1-11,17H2,(H,18,19)(H,20,21);1H. The summed E-state index contributed by atoms with van der Waals surface area (Å²) in [5.41, 5.74) is 4.93. The number of aliphatic carboxylic acids is 1. The molecule has 2 saturated carbocycles. The lowest BCUT2D eigenvalue weighted by Crippen LogP contribution is -2.46. The summed E-state index contributed by atoms with van der Waals surface area (Å²) >= 11 is 0. The van der Waals surface area contributed by atoms with Crippen LogP contribution in [0.25, 0.3) is 0 Å². The van der Waals surface area contributed by atoms with Crippen LogP contribution in [0.15, 0.2) is 0 Å². The minimum atomic E-state index is -0.755. The second kappa shape index (κ2) is 8.73. The van der Waals surface area contributed by atoms with Gasteiger partial charge in [-0.1, -0.05) is 19.3 Å². The lowest BCUT2D eigenvalue weighted by atomic mass is 9.74. The Morgan fingerprint density at radius 1 is 1.09 bits per heavy atom. The second-order valence-corrected chi connectivity index (χ2v) is 6.82. The van der Waals surface area contributed by atoms with Crippen molar-refractivity contribution in [3.05, 3.63) is 0 Å². The van der Waals surface area contributed by atoms with Crippen LogP contribution in [0.4, 0.5) is 0 Å². The van der Waals surface area contributed by atoms with Gasteiger partial charge in [-0.25, -0.2) is 0 Å². The van der Waals surface area contributed by atoms with Crippen molar-refractivity contribution >= 4 is 24.3 Å². The highest BCUT2D eigenvalue weighted by Gasteiger charge is 2.40. The van der Waals surface area contributed by atoms with E-state index < -0.39 is 11.4 Å². The molecule has 6 heteroatoms. The zero-order valence-corrected chi connectivity index (χ0v) is 14.0. The molecule has 0 radical (unpaired) electrons. The van der Waals surface area contributed by atoms with Gasteiger partial charge in [0.2, 0.25) is 5.91 Å². The molecule has 2 aliphatic carbocycles. The molecule has 0 heterocycles. The largest absolute Gasteiger partial charge is 0.481 e. The smallest absolute Gasteiger partial charge is 0.311 e. The number of hydrogen-bond acceptors (Lipinski definition) is 3. The van der Waals surface area contributed by atoms with Crippen molar-refractivity contribution in [1.29, 1.82) is 0 Å². The minimum Gasteiger partial charge on any atom is -0.481 e. The molecule has 0 aromatic heterocycles. The molecule has 0 spiro atoms. The molecule has 2 aliphatic rings. The normalized spacial score (nSPS) is 27.5. The van der Waals surface area contributed by atoms with Gasteiger partial charge in [0.1, 0.15) is 0 Å². The zero-order chi connectivity index (χ0) is 15.3. The molecule has 0 aliphatic heterocycles. The third kappa shape index (κ3) is 4.59. The molecule has 1 amide bonds. The fraction of sp³-hybridized carbons (Fsp3) is 0.875. The molecular formula is C16H29ClN2O3. The van der Waals surface area contributed by atoms with E-state index in [-0.39, 0.29) is 30.8 Å². The molecule has 0 aromatic carbocycles. The number of carbonyl (C=O) groups excluding carboxylic acids is 1. The number of carboxylic acid groups (broad SMARTS) is 1. The van der Waals surface area contributed by atoms with Crippen LogP contribution in [-0.2, 0) is 9.59 Å². The Morgan fingerprint density at radius 2 is 1.68 bits per heavy atom. The Kier molecular flexibility index (Phi) is 7.63. The Hall–Kier alpha value is -0.810. The van der Waals surface area contributed by atoms with Crippen LogP contribution >= 0.6 is 12.4 Å². The maximum absolute atomic E-state index is 12.3. The number of nitrogens with one attached hydrogen (secondary N) is 1. The average molecular weight is 333 g/mol. The summed E-state index contributed by atoms with van der Waals surface area (Å²) in [7, 11) is 0. The monoisotopic (exact) mass is 332 g/mol. The van der Waals surface area contributed by atoms with E-state index in [9.17, 15) is 14.7 Å². The van der Waals surface area contributed by atoms with Crippen molar-refractivity contribution in [3.63, 3.8) is 0 Å². The van der Waals surface area contributed by atoms with E-state index in [1.165, 1.54) is 0 Å². The number of rotatable bonds is 5. The summed E-state index contributed by atoms with van der Waals surface area (Å²) in [6.45, 7) is 0.994. The van der Waals surface area contributed by atoms with Crippen LogP contribution < -0.4 is 11.1 Å². The van der Waals surface area contributed by atoms with Crippen molar-refractivity contribution in [2.45, 2.75) is 57.8 Å². The van der Waals surface area contributed by atoms with Crippen LogP contribution in [0.1, 0.15) is 57.8 Å². The highest BCUT2D eigenvalue weighted by atomic mass is 35.5. The SMILES string of the molecule is Cl.NCC1CCC(C(=O)NCC2(C(=O)O)CCCCC2)CC1. The minimum absolute atomic E-state index is 0. The van der Waals surface area contributed by atoms with Crippen LogP contribution in [-0.4, -0.2) is 30.1 Å². The average Bonchev–Trinajstić information content (AvgIpc) is 2.53. The molecule has 0 unspecified atom stereocenters. The van der Waals surface area contributed by atoms with E-state index in [1.807, 2.05) is 0 Å². The zero-order valence-electron chi connectivity index (χ0n) is 13.2. The van der Waals surface area contributed by atoms with E-state index >= 15 is 0 Å². The molecule has 0 saturated heterocycles. The number of halogens is 1. The molecule has 4 N–H and O–H groups in total. The van der Waals surface area contributed by atoms with E-state index in [0.717, 1.165) is 44.9 Å². The van der Waals surface area contributed by atoms with Crippen LogP contribution in [0.5, 0.6) is 0 Å². The lowest BCUT2D eigenvalue weighted by Gasteiger charge is -2.34. The maximum Gasteiger partial charge on any atom is 0.311 e. The Bertz CT molecular complexity index is 376. The number of carboxylic acids is 1. The first-order chi connectivity index (χ1) is 10.1. The molecule has 5 nitrogen and oxygen atoms in total. The molecule has 2 fully saturated rings. The Balaban J connectivity index is 0.00000242. The number of carbonyl (C=O) groups is 2. The third-order valence-corrected chi connectivity index (χ3v) is 5.42. The molecule has 0 atom stereocenters. The van der Waals surface area contributed by atoms with Crippen molar-refractivity contribution in [3.8, 4) is 0 Å². The fourth-order valence-electron chi connectivity index (χ4n) is 3.76.